The molecule has 0 aliphatic heterocycles. The van der Waals surface area contributed by atoms with Crippen LogP contribution >= 0.6 is 0 Å². The quantitative estimate of drug-likeness (QED) is 0.674. The summed E-state index contributed by atoms with van der Waals surface area (Å²) in [5.41, 5.74) is 1.85. The zero-order valence-electron chi connectivity index (χ0n) is 15.3. The lowest BCUT2D eigenvalue weighted by Crippen LogP contribution is -2.13. The molecular formula is C19H21N3O4S. The molecule has 0 spiro atoms. The number of benzene rings is 2. The van der Waals surface area contributed by atoms with Crippen LogP contribution in [0.4, 0.5) is 5.69 Å². The third-order valence-corrected chi connectivity index (χ3v) is 5.50. The van der Waals surface area contributed by atoms with E-state index in [2.05, 4.69) is 9.82 Å². The molecule has 0 aliphatic carbocycles. The number of hydrogen-bond donors (Lipinski definition) is 1. The number of nitrogens with one attached hydrogen (secondary N) is 1. The molecule has 7 nitrogen and oxygen atoms in total. The van der Waals surface area contributed by atoms with E-state index in [0.29, 0.717) is 29.4 Å². The van der Waals surface area contributed by atoms with Gasteiger partial charge in [0.05, 0.1) is 32.1 Å². The van der Waals surface area contributed by atoms with Gasteiger partial charge in [0.1, 0.15) is 4.90 Å². The predicted octanol–water partition coefficient (Wildman–Crippen LogP) is 3.06. The fraction of sp³-hybridized carbons (Fsp3) is 0.211. The van der Waals surface area contributed by atoms with Crippen LogP contribution in [-0.4, -0.2) is 32.4 Å². The Morgan fingerprint density at radius 3 is 2.41 bits per heavy atom. The van der Waals surface area contributed by atoms with Gasteiger partial charge in [-0.05, 0) is 24.6 Å². The minimum absolute atomic E-state index is 0.133. The molecule has 142 valence electrons. The molecule has 0 radical (unpaired) electrons. The Balaban J connectivity index is 1.85. The minimum Gasteiger partial charge on any atom is -0.493 e. The lowest BCUT2D eigenvalue weighted by molar-refractivity contribution is 0.355. The van der Waals surface area contributed by atoms with Gasteiger partial charge < -0.3 is 9.47 Å². The van der Waals surface area contributed by atoms with Gasteiger partial charge in [-0.25, -0.2) is 8.42 Å². The van der Waals surface area contributed by atoms with Crippen molar-refractivity contribution in [2.24, 2.45) is 0 Å². The first-order valence-electron chi connectivity index (χ1n) is 8.26. The summed E-state index contributed by atoms with van der Waals surface area (Å²) >= 11 is 0. The van der Waals surface area contributed by atoms with Crippen molar-refractivity contribution in [1.82, 2.24) is 9.78 Å². The number of nitrogens with zero attached hydrogens (tertiary/aromatic N) is 2. The second kappa shape index (κ2) is 7.71. The van der Waals surface area contributed by atoms with E-state index in [4.69, 9.17) is 9.47 Å². The lowest BCUT2D eigenvalue weighted by Gasteiger charge is -2.11. The Morgan fingerprint density at radius 1 is 1.04 bits per heavy atom. The topological polar surface area (TPSA) is 82.5 Å². The predicted molar refractivity (Wildman–Crippen MR) is 103 cm³/mol. The van der Waals surface area contributed by atoms with Gasteiger partial charge in [0.15, 0.2) is 11.5 Å². The van der Waals surface area contributed by atoms with E-state index in [-0.39, 0.29) is 4.90 Å². The zero-order chi connectivity index (χ0) is 19.4. The highest BCUT2D eigenvalue weighted by Gasteiger charge is 2.21. The van der Waals surface area contributed by atoms with Crippen molar-refractivity contribution < 1.29 is 17.9 Å². The van der Waals surface area contributed by atoms with Crippen LogP contribution in [0.5, 0.6) is 11.5 Å². The summed E-state index contributed by atoms with van der Waals surface area (Å²) in [4.78, 5) is 0.133. The molecule has 0 bridgehead atoms. The van der Waals surface area contributed by atoms with Crippen LogP contribution in [0.25, 0.3) is 0 Å². The zero-order valence-corrected chi connectivity index (χ0v) is 16.2. The Morgan fingerprint density at radius 2 is 1.74 bits per heavy atom. The van der Waals surface area contributed by atoms with E-state index >= 15 is 0 Å². The summed E-state index contributed by atoms with van der Waals surface area (Å²) in [6, 6.07) is 14.6. The number of aromatic nitrogens is 2. The average Bonchev–Trinajstić information content (AvgIpc) is 3.03. The van der Waals surface area contributed by atoms with Gasteiger partial charge in [0.2, 0.25) is 0 Å². The molecule has 0 atom stereocenters. The van der Waals surface area contributed by atoms with Crippen LogP contribution in [-0.2, 0) is 16.6 Å². The molecule has 0 saturated carbocycles. The molecule has 0 saturated heterocycles. The fourth-order valence-electron chi connectivity index (χ4n) is 2.72. The van der Waals surface area contributed by atoms with E-state index < -0.39 is 10.0 Å². The average molecular weight is 387 g/mol. The third-order valence-electron chi connectivity index (χ3n) is 4.01. The molecule has 2 aromatic carbocycles. The maximum atomic E-state index is 12.8. The SMILES string of the molecule is COc1ccc(NS(=O)(=O)c2cn(Cc3ccccc3)nc2C)cc1OC. The van der Waals surface area contributed by atoms with Crippen molar-refractivity contribution in [3.63, 3.8) is 0 Å². The summed E-state index contributed by atoms with van der Waals surface area (Å²) in [6.07, 6.45) is 1.53. The summed E-state index contributed by atoms with van der Waals surface area (Å²) in [6.45, 7) is 2.16. The van der Waals surface area contributed by atoms with Gasteiger partial charge in [-0.1, -0.05) is 30.3 Å². The first-order valence-corrected chi connectivity index (χ1v) is 9.74. The second-order valence-corrected chi connectivity index (χ2v) is 7.59. The van der Waals surface area contributed by atoms with E-state index in [1.165, 1.54) is 20.4 Å². The first-order chi connectivity index (χ1) is 12.9. The maximum Gasteiger partial charge on any atom is 0.265 e. The van der Waals surface area contributed by atoms with Gasteiger partial charge in [0, 0.05) is 12.3 Å². The molecule has 27 heavy (non-hydrogen) atoms. The Kier molecular flexibility index (Phi) is 5.36. The van der Waals surface area contributed by atoms with Crippen LogP contribution in [0.15, 0.2) is 59.6 Å². The number of sulfonamides is 1. The molecule has 0 amide bonds. The molecule has 0 aliphatic rings. The van der Waals surface area contributed by atoms with Crippen molar-refractivity contribution in [1.29, 1.82) is 0 Å². The minimum atomic E-state index is -3.79. The number of rotatable bonds is 7. The van der Waals surface area contributed by atoms with E-state index in [9.17, 15) is 8.42 Å². The van der Waals surface area contributed by atoms with Crippen LogP contribution < -0.4 is 14.2 Å². The highest BCUT2D eigenvalue weighted by Crippen LogP contribution is 2.31. The Labute approximate surface area is 158 Å². The smallest absolute Gasteiger partial charge is 0.265 e. The van der Waals surface area contributed by atoms with Gasteiger partial charge in [-0.2, -0.15) is 5.10 Å². The second-order valence-electron chi connectivity index (χ2n) is 5.94. The number of hydrogen-bond acceptors (Lipinski definition) is 5. The summed E-state index contributed by atoms with van der Waals surface area (Å²) in [5, 5.41) is 4.33. The highest BCUT2D eigenvalue weighted by atomic mass is 32.2. The van der Waals surface area contributed by atoms with Crippen LogP contribution in [0.1, 0.15) is 11.3 Å². The molecule has 0 unspecified atom stereocenters. The summed E-state index contributed by atoms with van der Waals surface area (Å²) in [5.74, 6) is 0.960. The van der Waals surface area contributed by atoms with Gasteiger partial charge in [-0.15, -0.1) is 0 Å². The Hall–Kier alpha value is -3.00. The largest absolute Gasteiger partial charge is 0.493 e. The lowest BCUT2D eigenvalue weighted by atomic mass is 10.2. The monoisotopic (exact) mass is 387 g/mol. The van der Waals surface area contributed by atoms with Crippen LogP contribution in [0, 0.1) is 6.92 Å². The molecular weight excluding hydrogens is 366 g/mol. The van der Waals surface area contributed by atoms with Crippen molar-refractivity contribution in [2.45, 2.75) is 18.4 Å². The van der Waals surface area contributed by atoms with E-state index in [0.717, 1.165) is 5.56 Å². The van der Waals surface area contributed by atoms with Gasteiger partial charge >= 0.3 is 0 Å². The number of aryl methyl sites for hydroxylation is 1. The molecule has 3 aromatic rings. The van der Waals surface area contributed by atoms with Crippen LogP contribution in [0.2, 0.25) is 0 Å². The molecule has 8 heteroatoms. The number of ether oxygens (including phenoxy) is 2. The van der Waals surface area contributed by atoms with Crippen molar-refractivity contribution in [3.05, 3.63) is 66.0 Å². The molecule has 1 N–H and O–H groups in total. The number of anilines is 1. The van der Waals surface area contributed by atoms with E-state index in [1.54, 1.807) is 29.8 Å². The van der Waals surface area contributed by atoms with Crippen molar-refractivity contribution in [3.8, 4) is 11.5 Å². The molecule has 3 rings (SSSR count). The summed E-state index contributed by atoms with van der Waals surface area (Å²) in [7, 11) is -0.776. The fourth-order valence-corrected chi connectivity index (χ4v) is 3.96. The number of methoxy groups -OCH3 is 2. The molecule has 1 heterocycles. The molecule has 1 aromatic heterocycles. The van der Waals surface area contributed by atoms with E-state index in [1.807, 2.05) is 30.3 Å². The highest BCUT2D eigenvalue weighted by molar-refractivity contribution is 7.92. The normalized spacial score (nSPS) is 11.2. The first kappa shape index (κ1) is 18.8. The van der Waals surface area contributed by atoms with Crippen molar-refractivity contribution in [2.75, 3.05) is 18.9 Å². The third kappa shape index (κ3) is 4.22. The van der Waals surface area contributed by atoms with Gasteiger partial charge in [-0.3, -0.25) is 9.40 Å². The summed E-state index contributed by atoms with van der Waals surface area (Å²) < 4.78 is 40.2. The maximum absolute atomic E-state index is 12.8. The van der Waals surface area contributed by atoms with Crippen molar-refractivity contribution >= 4 is 15.7 Å². The standard InChI is InChI=1S/C19H21N3O4S/c1-14-19(13-22(20-14)12-15-7-5-4-6-8-15)27(23,24)21-16-9-10-17(25-2)18(11-16)26-3/h4-11,13,21H,12H2,1-3H3. The van der Waals surface area contributed by atoms with Gasteiger partial charge in [0.25, 0.3) is 10.0 Å². The molecule has 0 fully saturated rings. The Bertz CT molecular complexity index is 1030. The van der Waals surface area contributed by atoms with Crippen LogP contribution in [0.3, 0.4) is 0 Å².